The molecule has 1 aromatic heterocycles. The van der Waals surface area contributed by atoms with E-state index in [1.165, 1.54) is 12.1 Å². The number of benzene rings is 1. The molecule has 2 atom stereocenters. The van der Waals surface area contributed by atoms with Gasteiger partial charge in [0.15, 0.2) is 6.10 Å². The third-order valence-electron chi connectivity index (χ3n) is 2.64. The second kappa shape index (κ2) is 5.17. The Bertz CT molecular complexity index is 526. The van der Waals surface area contributed by atoms with Crippen molar-refractivity contribution in [3.63, 3.8) is 0 Å². The first-order chi connectivity index (χ1) is 7.89. The first-order valence-electron chi connectivity index (χ1n) is 4.97. The van der Waals surface area contributed by atoms with Crippen LogP contribution in [0.3, 0.4) is 0 Å². The van der Waals surface area contributed by atoms with E-state index in [0.29, 0.717) is 5.52 Å². The fourth-order valence-corrected chi connectivity index (χ4v) is 1.66. The fraction of sp³-hybridized carbons (Fsp3) is 0.273. The van der Waals surface area contributed by atoms with Gasteiger partial charge in [-0.3, -0.25) is 0 Å². The SMILES string of the molecule is Cl.N[C@H](c1ccc2cc[nH]c2c1)[C@@H](O)C(F)(F)F. The van der Waals surface area contributed by atoms with Crippen LogP contribution in [0.2, 0.25) is 0 Å². The van der Waals surface area contributed by atoms with E-state index >= 15 is 0 Å². The largest absolute Gasteiger partial charge is 0.416 e. The number of aliphatic hydroxyl groups excluding tert-OH is 1. The molecular formula is C11H12ClF3N2O. The molecule has 1 heterocycles. The van der Waals surface area contributed by atoms with E-state index in [0.717, 1.165) is 5.39 Å². The molecule has 0 radical (unpaired) electrons. The average molecular weight is 281 g/mol. The molecule has 3 nitrogen and oxygen atoms in total. The lowest BCUT2D eigenvalue weighted by Gasteiger charge is -2.21. The predicted octanol–water partition coefficient (Wildman–Crippen LogP) is 2.51. The predicted molar refractivity (Wildman–Crippen MR) is 64.5 cm³/mol. The summed E-state index contributed by atoms with van der Waals surface area (Å²) in [5.74, 6) is 0. The number of halogens is 4. The number of fused-ring (bicyclic) bond motifs is 1. The number of aromatic amines is 1. The van der Waals surface area contributed by atoms with Crippen LogP contribution in [0.25, 0.3) is 10.9 Å². The Morgan fingerprint density at radius 2 is 1.89 bits per heavy atom. The number of hydrogen-bond acceptors (Lipinski definition) is 2. The highest BCUT2D eigenvalue weighted by molar-refractivity contribution is 5.85. The van der Waals surface area contributed by atoms with Gasteiger partial charge in [-0.25, -0.2) is 0 Å². The molecule has 0 spiro atoms. The summed E-state index contributed by atoms with van der Waals surface area (Å²) in [5.41, 5.74) is 6.33. The van der Waals surface area contributed by atoms with Crippen molar-refractivity contribution in [2.75, 3.05) is 0 Å². The molecule has 100 valence electrons. The summed E-state index contributed by atoms with van der Waals surface area (Å²) in [6.07, 6.45) is -5.60. The van der Waals surface area contributed by atoms with Crippen LogP contribution in [0, 0.1) is 0 Å². The summed E-state index contributed by atoms with van der Waals surface area (Å²) in [7, 11) is 0. The molecule has 0 amide bonds. The highest BCUT2D eigenvalue weighted by atomic mass is 35.5. The number of aromatic nitrogens is 1. The van der Waals surface area contributed by atoms with Crippen molar-refractivity contribution in [2.24, 2.45) is 5.73 Å². The summed E-state index contributed by atoms with van der Waals surface area (Å²) in [5, 5.41) is 9.95. The van der Waals surface area contributed by atoms with E-state index in [2.05, 4.69) is 4.98 Å². The van der Waals surface area contributed by atoms with Crippen molar-refractivity contribution >= 4 is 23.3 Å². The second-order valence-corrected chi connectivity index (χ2v) is 3.84. The van der Waals surface area contributed by atoms with Gasteiger partial charge in [-0.05, 0) is 23.1 Å². The van der Waals surface area contributed by atoms with Crippen molar-refractivity contribution in [3.05, 3.63) is 36.0 Å². The molecule has 1 aromatic carbocycles. The monoisotopic (exact) mass is 280 g/mol. The summed E-state index contributed by atoms with van der Waals surface area (Å²) >= 11 is 0. The molecule has 0 bridgehead atoms. The minimum Gasteiger partial charge on any atom is -0.382 e. The van der Waals surface area contributed by atoms with Crippen molar-refractivity contribution in [1.29, 1.82) is 0 Å². The van der Waals surface area contributed by atoms with E-state index in [4.69, 9.17) is 10.8 Å². The van der Waals surface area contributed by atoms with Crippen molar-refractivity contribution in [1.82, 2.24) is 4.98 Å². The van der Waals surface area contributed by atoms with Gasteiger partial charge in [0.1, 0.15) is 0 Å². The molecule has 0 aliphatic carbocycles. The van der Waals surface area contributed by atoms with Crippen molar-refractivity contribution in [3.8, 4) is 0 Å². The number of aliphatic hydroxyl groups is 1. The van der Waals surface area contributed by atoms with Crippen molar-refractivity contribution < 1.29 is 18.3 Å². The maximum Gasteiger partial charge on any atom is 0.416 e. The van der Waals surface area contributed by atoms with Gasteiger partial charge in [0.2, 0.25) is 0 Å². The fourth-order valence-electron chi connectivity index (χ4n) is 1.66. The highest BCUT2D eigenvalue weighted by Gasteiger charge is 2.42. The lowest BCUT2D eigenvalue weighted by atomic mass is 10.0. The third-order valence-corrected chi connectivity index (χ3v) is 2.64. The average Bonchev–Trinajstić information content (AvgIpc) is 2.72. The minimum absolute atomic E-state index is 0. The number of nitrogens with one attached hydrogen (secondary N) is 1. The van der Waals surface area contributed by atoms with Gasteiger partial charge >= 0.3 is 6.18 Å². The van der Waals surface area contributed by atoms with E-state index in [-0.39, 0.29) is 18.0 Å². The van der Waals surface area contributed by atoms with Gasteiger partial charge in [-0.1, -0.05) is 12.1 Å². The van der Waals surface area contributed by atoms with Crippen molar-refractivity contribution in [2.45, 2.75) is 18.3 Å². The third kappa shape index (κ3) is 2.77. The lowest BCUT2D eigenvalue weighted by Crippen LogP contribution is -2.38. The molecule has 0 unspecified atom stereocenters. The number of nitrogens with two attached hydrogens (primary N) is 1. The maximum atomic E-state index is 12.3. The van der Waals surface area contributed by atoms with E-state index in [1.54, 1.807) is 18.3 Å². The van der Waals surface area contributed by atoms with Crippen LogP contribution in [0.15, 0.2) is 30.5 Å². The van der Waals surface area contributed by atoms with Gasteiger partial charge < -0.3 is 15.8 Å². The molecule has 0 saturated carbocycles. The van der Waals surface area contributed by atoms with Crippen LogP contribution in [0.5, 0.6) is 0 Å². The Morgan fingerprint density at radius 3 is 2.50 bits per heavy atom. The Kier molecular flexibility index (Phi) is 4.26. The van der Waals surface area contributed by atoms with Gasteiger partial charge in [-0.15, -0.1) is 12.4 Å². The topological polar surface area (TPSA) is 62.0 Å². The Morgan fingerprint density at radius 1 is 1.22 bits per heavy atom. The van der Waals surface area contributed by atoms with Crippen LogP contribution >= 0.6 is 12.4 Å². The summed E-state index contributed by atoms with van der Waals surface area (Å²) in [6.45, 7) is 0. The molecule has 0 fully saturated rings. The number of H-pyrrole nitrogens is 1. The molecule has 0 saturated heterocycles. The van der Waals surface area contributed by atoms with Crippen LogP contribution in [0.4, 0.5) is 13.2 Å². The zero-order valence-electron chi connectivity index (χ0n) is 9.11. The summed E-state index contributed by atoms with van der Waals surface area (Å²) in [6, 6.07) is 4.96. The zero-order chi connectivity index (χ0) is 12.6. The van der Waals surface area contributed by atoms with Crippen LogP contribution in [-0.2, 0) is 0 Å². The van der Waals surface area contributed by atoms with Gasteiger partial charge in [0.25, 0.3) is 0 Å². The van der Waals surface area contributed by atoms with Gasteiger partial charge in [-0.2, -0.15) is 13.2 Å². The number of hydrogen-bond donors (Lipinski definition) is 3. The smallest absolute Gasteiger partial charge is 0.382 e. The lowest BCUT2D eigenvalue weighted by molar-refractivity contribution is -0.210. The standard InChI is InChI=1S/C11H11F3N2O.ClH/c12-11(13,14)10(17)9(15)7-2-1-6-3-4-16-8(6)5-7;/h1-5,9-10,16-17H,15H2;1H/t9-,10-;/m1./s1. The highest BCUT2D eigenvalue weighted by Crippen LogP contribution is 2.29. The zero-order valence-corrected chi connectivity index (χ0v) is 9.92. The Labute approximate surface area is 107 Å². The molecule has 0 aliphatic rings. The quantitative estimate of drug-likeness (QED) is 0.791. The minimum atomic E-state index is -4.72. The molecular weight excluding hydrogens is 269 g/mol. The number of alkyl halides is 3. The molecule has 7 heteroatoms. The Hall–Kier alpha value is -1.24. The molecule has 2 aromatic rings. The number of rotatable bonds is 2. The van der Waals surface area contributed by atoms with Crippen LogP contribution in [0.1, 0.15) is 11.6 Å². The Balaban J connectivity index is 0.00000162. The molecule has 4 N–H and O–H groups in total. The van der Waals surface area contributed by atoms with E-state index in [1.807, 2.05) is 0 Å². The van der Waals surface area contributed by atoms with Crippen LogP contribution in [-0.4, -0.2) is 22.4 Å². The first kappa shape index (κ1) is 14.8. The summed E-state index contributed by atoms with van der Waals surface area (Å²) in [4.78, 5) is 2.87. The molecule has 2 rings (SSSR count). The first-order valence-corrected chi connectivity index (χ1v) is 4.97. The maximum absolute atomic E-state index is 12.3. The molecule has 18 heavy (non-hydrogen) atoms. The van der Waals surface area contributed by atoms with E-state index < -0.39 is 18.3 Å². The van der Waals surface area contributed by atoms with Gasteiger partial charge in [0, 0.05) is 11.7 Å². The normalized spacial score (nSPS) is 15.2. The van der Waals surface area contributed by atoms with Crippen LogP contribution < -0.4 is 5.73 Å². The van der Waals surface area contributed by atoms with E-state index in [9.17, 15) is 13.2 Å². The van der Waals surface area contributed by atoms with Gasteiger partial charge in [0.05, 0.1) is 6.04 Å². The second-order valence-electron chi connectivity index (χ2n) is 3.84. The molecule has 0 aliphatic heterocycles. The summed E-state index contributed by atoms with van der Waals surface area (Å²) < 4.78 is 36.9.